The molecular weight excluding hydrogens is 252 g/mol. The molecule has 0 radical (unpaired) electrons. The number of likely N-dealkylation sites (N-methyl/N-ethyl adjacent to an activating group) is 2. The van der Waals surface area contributed by atoms with Gasteiger partial charge in [0.1, 0.15) is 0 Å². The summed E-state index contributed by atoms with van der Waals surface area (Å²) in [6.45, 7) is 7.33. The van der Waals surface area contributed by atoms with Gasteiger partial charge in [0.2, 0.25) is 0 Å². The van der Waals surface area contributed by atoms with Crippen LogP contribution in [0.3, 0.4) is 0 Å². The normalized spacial score (nSPS) is 27.1. The lowest BCUT2D eigenvalue weighted by Gasteiger charge is -2.32. The van der Waals surface area contributed by atoms with Crippen molar-refractivity contribution >= 4 is 0 Å². The zero-order chi connectivity index (χ0) is 14.5. The van der Waals surface area contributed by atoms with Crippen LogP contribution >= 0.6 is 0 Å². The van der Waals surface area contributed by atoms with Gasteiger partial charge in [-0.1, -0.05) is 0 Å². The molecule has 0 aliphatic carbocycles. The van der Waals surface area contributed by atoms with Crippen LogP contribution in [-0.2, 0) is 11.3 Å². The second-order valence-electron chi connectivity index (χ2n) is 6.06. The van der Waals surface area contributed by atoms with Crippen molar-refractivity contribution < 1.29 is 4.74 Å². The predicted octanol–water partition coefficient (Wildman–Crippen LogP) is 1.73. The van der Waals surface area contributed by atoms with Gasteiger partial charge in [0.25, 0.3) is 0 Å². The zero-order valence-corrected chi connectivity index (χ0v) is 13.1. The van der Waals surface area contributed by atoms with Gasteiger partial charge in [-0.25, -0.2) is 0 Å². The molecule has 0 spiro atoms. The number of hydrogen-bond acceptors (Lipinski definition) is 4. The van der Waals surface area contributed by atoms with Crippen molar-refractivity contribution in [2.24, 2.45) is 0 Å². The number of nitrogens with zero attached hydrogens (tertiary/aromatic N) is 2. The molecule has 0 aromatic carbocycles. The highest BCUT2D eigenvalue weighted by Gasteiger charge is 2.28. The topological polar surface area (TPSA) is 53.2 Å². The van der Waals surface area contributed by atoms with E-state index in [4.69, 9.17) is 4.74 Å². The second kappa shape index (κ2) is 7.20. The Bertz CT molecular complexity index is 396. The lowest BCUT2D eigenvalue weighted by Crippen LogP contribution is -2.30. The molecule has 5 heteroatoms. The molecule has 1 aromatic heterocycles. The van der Waals surface area contributed by atoms with Crippen molar-refractivity contribution in [2.45, 2.75) is 51.4 Å². The Morgan fingerprint density at radius 1 is 1.40 bits per heavy atom. The van der Waals surface area contributed by atoms with E-state index in [0.29, 0.717) is 18.1 Å². The standard InChI is InChI=1S/C15H28N4O/c1-11-7-13(8-12(2)20-11)15-14(9-17-18-15)10-19(4)6-5-16-3/h9,11-13,16H,5-8,10H2,1-4H3,(H,17,18)/t11-,12?,13?/m0/s1. The molecular formula is C15H28N4O. The van der Waals surface area contributed by atoms with E-state index in [1.165, 1.54) is 11.3 Å². The summed E-state index contributed by atoms with van der Waals surface area (Å²) in [6.07, 6.45) is 4.85. The van der Waals surface area contributed by atoms with Gasteiger partial charge in [0.15, 0.2) is 0 Å². The lowest BCUT2D eigenvalue weighted by atomic mass is 9.88. The van der Waals surface area contributed by atoms with E-state index in [1.807, 2.05) is 7.05 Å². The molecule has 0 bridgehead atoms. The molecule has 20 heavy (non-hydrogen) atoms. The fourth-order valence-corrected chi connectivity index (χ4v) is 3.11. The van der Waals surface area contributed by atoms with Crippen LogP contribution in [0.2, 0.25) is 0 Å². The minimum atomic E-state index is 0.329. The van der Waals surface area contributed by atoms with Gasteiger partial charge in [-0.15, -0.1) is 0 Å². The monoisotopic (exact) mass is 280 g/mol. The highest BCUT2D eigenvalue weighted by molar-refractivity contribution is 5.21. The van der Waals surface area contributed by atoms with E-state index >= 15 is 0 Å². The number of hydrogen-bond donors (Lipinski definition) is 2. The molecule has 1 saturated heterocycles. The van der Waals surface area contributed by atoms with Gasteiger partial charge in [-0.3, -0.25) is 5.10 Å². The maximum Gasteiger partial charge on any atom is 0.0699 e. The highest BCUT2D eigenvalue weighted by Crippen LogP contribution is 2.33. The Labute approximate surface area is 122 Å². The number of aromatic nitrogens is 2. The number of rotatable bonds is 6. The molecule has 2 heterocycles. The summed E-state index contributed by atoms with van der Waals surface area (Å²) in [4.78, 5) is 2.33. The predicted molar refractivity (Wildman–Crippen MR) is 80.8 cm³/mol. The van der Waals surface area contributed by atoms with Crippen molar-refractivity contribution in [3.63, 3.8) is 0 Å². The van der Waals surface area contributed by atoms with Crippen LogP contribution in [0.4, 0.5) is 0 Å². The third-order valence-corrected chi connectivity index (χ3v) is 4.02. The molecule has 0 amide bonds. The summed E-state index contributed by atoms with van der Waals surface area (Å²) in [7, 11) is 4.14. The molecule has 2 unspecified atom stereocenters. The summed E-state index contributed by atoms with van der Waals surface area (Å²) in [5, 5.41) is 10.8. The van der Waals surface area contributed by atoms with Gasteiger partial charge in [-0.05, 0) is 40.8 Å². The van der Waals surface area contributed by atoms with Crippen molar-refractivity contribution in [3.05, 3.63) is 17.5 Å². The third-order valence-electron chi connectivity index (χ3n) is 4.02. The summed E-state index contributed by atoms with van der Waals surface area (Å²) in [5.74, 6) is 0.521. The molecule has 5 nitrogen and oxygen atoms in total. The van der Waals surface area contributed by atoms with E-state index in [1.54, 1.807) is 0 Å². The summed E-state index contributed by atoms with van der Waals surface area (Å²) < 4.78 is 5.83. The molecule has 2 N–H and O–H groups in total. The Kier molecular flexibility index (Phi) is 5.57. The minimum absolute atomic E-state index is 0.329. The quantitative estimate of drug-likeness (QED) is 0.833. The fraction of sp³-hybridized carbons (Fsp3) is 0.800. The van der Waals surface area contributed by atoms with Crippen LogP contribution in [0.5, 0.6) is 0 Å². The van der Waals surface area contributed by atoms with Crippen molar-refractivity contribution in [2.75, 3.05) is 27.2 Å². The van der Waals surface area contributed by atoms with Crippen molar-refractivity contribution in [1.82, 2.24) is 20.4 Å². The maximum atomic E-state index is 5.83. The van der Waals surface area contributed by atoms with E-state index in [2.05, 4.69) is 47.5 Å². The van der Waals surface area contributed by atoms with E-state index < -0.39 is 0 Å². The van der Waals surface area contributed by atoms with E-state index in [0.717, 1.165) is 32.5 Å². The molecule has 1 aromatic rings. The van der Waals surface area contributed by atoms with Gasteiger partial charge in [0, 0.05) is 37.3 Å². The molecule has 1 aliphatic heterocycles. The Morgan fingerprint density at radius 3 is 2.75 bits per heavy atom. The molecule has 1 fully saturated rings. The van der Waals surface area contributed by atoms with Crippen LogP contribution in [0, 0.1) is 0 Å². The summed E-state index contributed by atoms with van der Waals surface area (Å²) >= 11 is 0. The summed E-state index contributed by atoms with van der Waals surface area (Å²) in [5.41, 5.74) is 2.57. The smallest absolute Gasteiger partial charge is 0.0699 e. The maximum absolute atomic E-state index is 5.83. The average molecular weight is 280 g/mol. The fourth-order valence-electron chi connectivity index (χ4n) is 3.11. The highest BCUT2D eigenvalue weighted by atomic mass is 16.5. The van der Waals surface area contributed by atoms with Gasteiger partial charge >= 0.3 is 0 Å². The average Bonchev–Trinajstić information content (AvgIpc) is 2.83. The molecule has 3 atom stereocenters. The molecule has 0 saturated carbocycles. The van der Waals surface area contributed by atoms with Crippen molar-refractivity contribution in [3.8, 4) is 0 Å². The zero-order valence-electron chi connectivity index (χ0n) is 13.1. The van der Waals surface area contributed by atoms with Crippen LogP contribution in [0.25, 0.3) is 0 Å². The minimum Gasteiger partial charge on any atom is -0.376 e. The number of nitrogens with one attached hydrogen (secondary N) is 2. The first-order valence-corrected chi connectivity index (χ1v) is 7.61. The van der Waals surface area contributed by atoms with Crippen LogP contribution in [0.1, 0.15) is 43.9 Å². The molecule has 1 aliphatic rings. The first-order valence-electron chi connectivity index (χ1n) is 7.61. The van der Waals surface area contributed by atoms with Crippen LogP contribution in [-0.4, -0.2) is 54.5 Å². The van der Waals surface area contributed by atoms with E-state index in [9.17, 15) is 0 Å². The SMILES string of the molecule is CNCCN(C)Cc1c[nH]nc1C1CC(C)O[C@@H](C)C1. The Hall–Kier alpha value is -0.910. The number of H-pyrrole nitrogens is 1. The van der Waals surface area contributed by atoms with Crippen LogP contribution < -0.4 is 5.32 Å². The number of ether oxygens (including phenoxy) is 1. The Balaban J connectivity index is 2.00. The third kappa shape index (κ3) is 4.04. The van der Waals surface area contributed by atoms with Gasteiger partial charge < -0.3 is 15.0 Å². The van der Waals surface area contributed by atoms with E-state index in [-0.39, 0.29) is 0 Å². The Morgan fingerprint density at radius 2 is 2.10 bits per heavy atom. The molecule has 114 valence electrons. The lowest BCUT2D eigenvalue weighted by molar-refractivity contribution is -0.0386. The summed E-state index contributed by atoms with van der Waals surface area (Å²) in [6, 6.07) is 0. The van der Waals surface area contributed by atoms with Crippen molar-refractivity contribution in [1.29, 1.82) is 0 Å². The first-order chi connectivity index (χ1) is 9.60. The van der Waals surface area contributed by atoms with Gasteiger partial charge in [-0.2, -0.15) is 5.10 Å². The first kappa shape index (κ1) is 15.5. The van der Waals surface area contributed by atoms with Crippen LogP contribution in [0.15, 0.2) is 6.20 Å². The largest absolute Gasteiger partial charge is 0.376 e. The second-order valence-corrected chi connectivity index (χ2v) is 6.06. The number of aromatic amines is 1. The molecule has 2 rings (SSSR count). The van der Waals surface area contributed by atoms with Gasteiger partial charge in [0.05, 0.1) is 17.9 Å².